The summed E-state index contributed by atoms with van der Waals surface area (Å²) < 4.78 is 11.0. The first-order chi connectivity index (χ1) is 12.7. The van der Waals surface area contributed by atoms with E-state index < -0.39 is 11.7 Å². The summed E-state index contributed by atoms with van der Waals surface area (Å²) in [6.07, 6.45) is -0.414. The third-order valence-corrected chi connectivity index (χ3v) is 4.58. The highest BCUT2D eigenvalue weighted by Gasteiger charge is 2.33. The Bertz CT molecular complexity index is 720. The van der Waals surface area contributed by atoms with Gasteiger partial charge < -0.3 is 19.5 Å². The quantitative estimate of drug-likeness (QED) is 0.852. The molecule has 1 aromatic carbocycles. The Morgan fingerprint density at radius 2 is 1.85 bits per heavy atom. The van der Waals surface area contributed by atoms with E-state index in [1.807, 2.05) is 34.6 Å². The van der Waals surface area contributed by atoms with E-state index in [1.54, 1.807) is 15.9 Å². The molecule has 1 heterocycles. The monoisotopic (exact) mass is 378 g/mol. The number of aliphatic hydroxyl groups excluding tert-OH is 1. The van der Waals surface area contributed by atoms with Crippen LogP contribution in [-0.2, 0) is 24.4 Å². The van der Waals surface area contributed by atoms with Crippen molar-refractivity contribution in [3.05, 3.63) is 28.3 Å². The molecular formula is C20H30N2O5. The Labute approximate surface area is 160 Å². The van der Waals surface area contributed by atoms with Gasteiger partial charge in [-0.05, 0) is 46.2 Å². The van der Waals surface area contributed by atoms with Crippen molar-refractivity contribution >= 4 is 12.0 Å². The number of hydrogen-bond donors (Lipinski definition) is 1. The van der Waals surface area contributed by atoms with Gasteiger partial charge in [-0.15, -0.1) is 0 Å². The molecule has 1 N–H and O–H groups in total. The first kappa shape index (κ1) is 21.0. The van der Waals surface area contributed by atoms with Gasteiger partial charge in [-0.3, -0.25) is 9.69 Å². The average Bonchev–Trinajstić information content (AvgIpc) is 3.03. The summed E-state index contributed by atoms with van der Waals surface area (Å²) in [7, 11) is 1.51. The smallest absolute Gasteiger partial charge is 0.410 e. The van der Waals surface area contributed by atoms with Crippen LogP contribution < -0.4 is 4.74 Å². The van der Waals surface area contributed by atoms with Crippen LogP contribution in [0.3, 0.4) is 0 Å². The molecule has 150 valence electrons. The average molecular weight is 378 g/mol. The van der Waals surface area contributed by atoms with Gasteiger partial charge in [0, 0.05) is 36.3 Å². The predicted molar refractivity (Wildman–Crippen MR) is 102 cm³/mol. The van der Waals surface area contributed by atoms with E-state index in [0.29, 0.717) is 43.1 Å². The predicted octanol–water partition coefficient (Wildman–Crippen LogP) is 2.92. The van der Waals surface area contributed by atoms with Crippen LogP contribution >= 0.6 is 0 Å². The lowest BCUT2D eigenvalue weighted by molar-refractivity contribution is 0.0241. The molecule has 1 aliphatic heterocycles. The van der Waals surface area contributed by atoms with E-state index >= 15 is 0 Å². The molecule has 0 atom stereocenters. The lowest BCUT2D eigenvalue weighted by Crippen LogP contribution is -2.33. The van der Waals surface area contributed by atoms with Crippen molar-refractivity contribution in [1.82, 2.24) is 9.80 Å². The highest BCUT2D eigenvalue weighted by atomic mass is 16.6. The van der Waals surface area contributed by atoms with Gasteiger partial charge in [0.15, 0.2) is 0 Å². The lowest BCUT2D eigenvalue weighted by atomic mass is 9.97. The van der Waals surface area contributed by atoms with E-state index in [1.165, 1.54) is 7.11 Å². The van der Waals surface area contributed by atoms with Gasteiger partial charge in [-0.1, -0.05) is 0 Å². The number of methoxy groups -OCH3 is 1. The number of nitrogens with zero attached hydrogens (tertiary/aromatic N) is 2. The second kappa shape index (κ2) is 8.17. The maximum atomic E-state index is 12.9. The Morgan fingerprint density at radius 1 is 1.22 bits per heavy atom. The highest BCUT2D eigenvalue weighted by molar-refractivity contribution is 5.97. The van der Waals surface area contributed by atoms with Gasteiger partial charge in [0.25, 0.3) is 5.91 Å². The van der Waals surface area contributed by atoms with Gasteiger partial charge in [-0.25, -0.2) is 4.79 Å². The molecule has 0 unspecified atom stereocenters. The Morgan fingerprint density at radius 3 is 2.33 bits per heavy atom. The van der Waals surface area contributed by atoms with Gasteiger partial charge in [0.05, 0.1) is 20.3 Å². The van der Waals surface area contributed by atoms with Crippen LogP contribution in [0.5, 0.6) is 5.75 Å². The molecule has 1 aromatic rings. The molecule has 0 radical (unpaired) electrons. The van der Waals surface area contributed by atoms with Crippen molar-refractivity contribution in [3.63, 3.8) is 0 Å². The van der Waals surface area contributed by atoms with Gasteiger partial charge in [0.1, 0.15) is 11.4 Å². The number of hydrogen-bond acceptors (Lipinski definition) is 5. The number of amides is 2. The Kier molecular flexibility index (Phi) is 6.36. The molecule has 7 heteroatoms. The van der Waals surface area contributed by atoms with Crippen LogP contribution in [0.1, 0.15) is 61.7 Å². The van der Waals surface area contributed by atoms with Crippen molar-refractivity contribution in [3.8, 4) is 5.75 Å². The summed E-state index contributed by atoms with van der Waals surface area (Å²) in [5.41, 5.74) is 1.94. The molecule has 2 amide bonds. The first-order valence-corrected chi connectivity index (χ1v) is 9.26. The molecule has 0 aliphatic carbocycles. The molecular weight excluding hydrogens is 348 g/mol. The second-order valence-electron chi connectivity index (χ2n) is 7.55. The molecule has 0 bridgehead atoms. The van der Waals surface area contributed by atoms with Crippen molar-refractivity contribution in [2.24, 2.45) is 0 Å². The number of ether oxygens (including phenoxy) is 2. The number of carbonyl (C=O) groups is 2. The van der Waals surface area contributed by atoms with E-state index in [0.717, 1.165) is 11.1 Å². The fourth-order valence-electron chi connectivity index (χ4n) is 3.30. The van der Waals surface area contributed by atoms with E-state index in [4.69, 9.17) is 9.47 Å². The summed E-state index contributed by atoms with van der Waals surface area (Å²) >= 11 is 0. The van der Waals surface area contributed by atoms with Crippen LogP contribution in [0.4, 0.5) is 4.79 Å². The topological polar surface area (TPSA) is 79.3 Å². The zero-order valence-corrected chi connectivity index (χ0v) is 17.1. The normalized spacial score (nSPS) is 13.4. The molecule has 2 rings (SSSR count). The van der Waals surface area contributed by atoms with E-state index in [-0.39, 0.29) is 12.5 Å². The summed E-state index contributed by atoms with van der Waals surface area (Å²) in [6, 6.07) is 1.77. The van der Waals surface area contributed by atoms with Gasteiger partial charge in [0.2, 0.25) is 0 Å². The Balaban J connectivity index is 2.44. The molecule has 1 aliphatic rings. The minimum absolute atomic E-state index is 0.152. The number of carbonyl (C=O) groups excluding carboxylic acids is 2. The number of aliphatic hydroxyl groups is 1. The van der Waals surface area contributed by atoms with Crippen molar-refractivity contribution < 1.29 is 24.2 Å². The number of fused-ring (bicyclic) bond motifs is 1. The summed E-state index contributed by atoms with van der Waals surface area (Å²) in [6.45, 7) is 10.8. The largest absolute Gasteiger partial charge is 0.496 e. The summed E-state index contributed by atoms with van der Waals surface area (Å²) in [4.78, 5) is 28.6. The van der Waals surface area contributed by atoms with E-state index in [2.05, 4.69) is 0 Å². The third kappa shape index (κ3) is 4.35. The van der Waals surface area contributed by atoms with Gasteiger partial charge >= 0.3 is 6.09 Å². The second-order valence-corrected chi connectivity index (χ2v) is 7.55. The van der Waals surface area contributed by atoms with E-state index in [9.17, 15) is 14.7 Å². The van der Waals surface area contributed by atoms with Crippen molar-refractivity contribution in [1.29, 1.82) is 0 Å². The van der Waals surface area contributed by atoms with Crippen molar-refractivity contribution in [2.45, 2.75) is 59.9 Å². The van der Waals surface area contributed by atoms with Crippen LogP contribution in [0.15, 0.2) is 6.07 Å². The van der Waals surface area contributed by atoms with Crippen LogP contribution in [0.25, 0.3) is 0 Å². The molecule has 7 nitrogen and oxygen atoms in total. The van der Waals surface area contributed by atoms with Crippen LogP contribution in [-0.4, -0.2) is 52.7 Å². The molecule has 0 aromatic heterocycles. The minimum atomic E-state index is -0.587. The minimum Gasteiger partial charge on any atom is -0.496 e. The lowest BCUT2D eigenvalue weighted by Gasteiger charge is -2.24. The fraction of sp³-hybridized carbons (Fsp3) is 0.600. The van der Waals surface area contributed by atoms with Gasteiger partial charge in [-0.2, -0.15) is 0 Å². The number of rotatable bonds is 5. The van der Waals surface area contributed by atoms with Crippen LogP contribution in [0.2, 0.25) is 0 Å². The maximum Gasteiger partial charge on any atom is 0.410 e. The zero-order chi connectivity index (χ0) is 20.4. The highest BCUT2D eigenvalue weighted by Crippen LogP contribution is 2.37. The number of benzene rings is 1. The van der Waals surface area contributed by atoms with Crippen LogP contribution in [0, 0.1) is 0 Å². The maximum absolute atomic E-state index is 12.9. The standard InChI is InChI=1S/C20H30N2O5/c1-7-21(8-2)18(24)14-9-13-10-22(19(25)27-20(3,4)5)11-15(13)17(26-6)16(14)12-23/h9,23H,7-8,10-12H2,1-6H3. The summed E-state index contributed by atoms with van der Waals surface area (Å²) in [5.74, 6) is 0.317. The summed E-state index contributed by atoms with van der Waals surface area (Å²) in [5, 5.41) is 9.91. The first-order valence-electron chi connectivity index (χ1n) is 9.26. The Hall–Kier alpha value is -2.28. The molecule has 0 saturated carbocycles. The fourth-order valence-corrected chi connectivity index (χ4v) is 3.30. The molecule has 0 fully saturated rings. The SMILES string of the molecule is CCN(CC)C(=O)c1cc2c(c(OC)c1CO)CN(C(=O)OC(C)(C)C)C2. The zero-order valence-electron chi connectivity index (χ0n) is 17.1. The van der Waals surface area contributed by atoms with Crippen molar-refractivity contribution in [2.75, 3.05) is 20.2 Å². The molecule has 0 saturated heterocycles. The third-order valence-electron chi connectivity index (χ3n) is 4.58. The molecule has 0 spiro atoms. The molecule has 27 heavy (non-hydrogen) atoms.